The van der Waals surface area contributed by atoms with Gasteiger partial charge in [-0.2, -0.15) is 4.98 Å². The molecule has 164 valence electrons. The molecule has 0 radical (unpaired) electrons. The summed E-state index contributed by atoms with van der Waals surface area (Å²) in [6.07, 6.45) is 0. The van der Waals surface area contributed by atoms with E-state index in [0.717, 1.165) is 28.9 Å². The molecule has 1 unspecified atom stereocenters. The van der Waals surface area contributed by atoms with Crippen molar-refractivity contribution in [2.24, 2.45) is 13.0 Å². The number of benzene rings is 2. The Morgan fingerprint density at radius 2 is 1.81 bits per heavy atom. The second-order valence-corrected chi connectivity index (χ2v) is 8.92. The predicted octanol–water partition coefficient (Wildman–Crippen LogP) is 3.35. The molecule has 7 nitrogen and oxygen atoms in total. The summed E-state index contributed by atoms with van der Waals surface area (Å²) in [6.45, 7) is 7.98. The highest BCUT2D eigenvalue weighted by atomic mass is 16.2. The third-order valence-corrected chi connectivity index (χ3v) is 6.27. The number of aromatic nitrogens is 4. The molecular weight excluding hydrogens is 402 g/mol. The number of fused-ring (bicyclic) bond motifs is 3. The lowest BCUT2D eigenvalue weighted by atomic mass is 10.1. The van der Waals surface area contributed by atoms with E-state index >= 15 is 0 Å². The molecule has 0 N–H and O–H groups in total. The molecule has 1 atom stereocenters. The maximum Gasteiger partial charge on any atom is 0.332 e. The Bertz CT molecular complexity index is 1460. The fourth-order valence-electron chi connectivity index (χ4n) is 4.71. The van der Waals surface area contributed by atoms with Gasteiger partial charge >= 0.3 is 5.69 Å². The van der Waals surface area contributed by atoms with Crippen LogP contribution >= 0.6 is 0 Å². The van der Waals surface area contributed by atoms with Crippen LogP contribution < -0.4 is 16.1 Å². The van der Waals surface area contributed by atoms with Gasteiger partial charge in [-0.3, -0.25) is 13.9 Å². The summed E-state index contributed by atoms with van der Waals surface area (Å²) < 4.78 is 4.81. The fourth-order valence-corrected chi connectivity index (χ4v) is 4.71. The molecule has 5 rings (SSSR count). The van der Waals surface area contributed by atoms with Gasteiger partial charge in [-0.05, 0) is 37.0 Å². The number of anilines is 2. The number of para-hydroxylation sites is 1. The Labute approximate surface area is 186 Å². The van der Waals surface area contributed by atoms with Crippen LogP contribution in [-0.4, -0.2) is 25.2 Å². The molecule has 3 heterocycles. The molecule has 0 saturated carbocycles. The van der Waals surface area contributed by atoms with Crippen molar-refractivity contribution in [3.63, 3.8) is 0 Å². The second kappa shape index (κ2) is 7.51. The first-order valence-corrected chi connectivity index (χ1v) is 10.9. The number of aryl methyl sites for hydroxylation is 3. The third-order valence-electron chi connectivity index (χ3n) is 6.27. The third kappa shape index (κ3) is 3.16. The van der Waals surface area contributed by atoms with Crippen LogP contribution in [0.2, 0.25) is 0 Å². The van der Waals surface area contributed by atoms with Crippen LogP contribution in [0.5, 0.6) is 0 Å². The van der Waals surface area contributed by atoms with Crippen molar-refractivity contribution in [1.82, 2.24) is 18.7 Å². The molecule has 4 aromatic rings. The lowest BCUT2D eigenvalue weighted by molar-refractivity contribution is 0.457. The van der Waals surface area contributed by atoms with Gasteiger partial charge in [0, 0.05) is 25.8 Å². The van der Waals surface area contributed by atoms with Gasteiger partial charge in [0.25, 0.3) is 5.56 Å². The monoisotopic (exact) mass is 429 g/mol. The molecule has 7 heteroatoms. The Hall–Kier alpha value is -3.61. The van der Waals surface area contributed by atoms with E-state index in [0.29, 0.717) is 29.6 Å². The maximum atomic E-state index is 13.6. The van der Waals surface area contributed by atoms with E-state index in [4.69, 9.17) is 4.98 Å². The van der Waals surface area contributed by atoms with Gasteiger partial charge in [-0.1, -0.05) is 55.0 Å². The first-order valence-electron chi connectivity index (χ1n) is 10.9. The zero-order chi connectivity index (χ0) is 22.6. The topological polar surface area (TPSA) is 65.1 Å². The summed E-state index contributed by atoms with van der Waals surface area (Å²) in [4.78, 5) is 33.7. The largest absolute Gasteiger partial charge is 0.332 e. The van der Waals surface area contributed by atoms with Crippen molar-refractivity contribution in [3.8, 4) is 0 Å². The first kappa shape index (κ1) is 20.3. The number of hydrogen-bond acceptors (Lipinski definition) is 4. The normalized spacial score (nSPS) is 15.9. The Kier molecular flexibility index (Phi) is 4.77. The Morgan fingerprint density at radius 3 is 2.56 bits per heavy atom. The van der Waals surface area contributed by atoms with E-state index < -0.39 is 0 Å². The Balaban J connectivity index is 1.74. The van der Waals surface area contributed by atoms with Crippen LogP contribution in [0.15, 0.2) is 58.1 Å². The van der Waals surface area contributed by atoms with Gasteiger partial charge in [0.1, 0.15) is 0 Å². The van der Waals surface area contributed by atoms with E-state index in [1.807, 2.05) is 47.9 Å². The van der Waals surface area contributed by atoms with Crippen LogP contribution in [0.25, 0.3) is 11.2 Å². The highest BCUT2D eigenvalue weighted by molar-refractivity contribution is 5.77. The van der Waals surface area contributed by atoms with Crippen LogP contribution in [0.4, 0.5) is 11.6 Å². The van der Waals surface area contributed by atoms with Gasteiger partial charge in [-0.25, -0.2) is 4.79 Å². The van der Waals surface area contributed by atoms with Crippen molar-refractivity contribution in [2.75, 3.05) is 11.4 Å². The molecule has 2 aromatic carbocycles. The van der Waals surface area contributed by atoms with Crippen molar-refractivity contribution < 1.29 is 0 Å². The SMILES string of the molecule is Cc1cccc(Cn2c(=O)c3c(nc4n3CC(C)CN4c3ccccc3C)n(C)c2=O)c1. The van der Waals surface area contributed by atoms with Gasteiger partial charge < -0.3 is 9.47 Å². The summed E-state index contributed by atoms with van der Waals surface area (Å²) in [5, 5.41) is 0. The zero-order valence-corrected chi connectivity index (χ0v) is 18.9. The lowest BCUT2D eigenvalue weighted by Crippen LogP contribution is -2.40. The van der Waals surface area contributed by atoms with Crippen LogP contribution in [0.1, 0.15) is 23.6 Å². The van der Waals surface area contributed by atoms with Crippen LogP contribution in [0.3, 0.4) is 0 Å². The average molecular weight is 430 g/mol. The van der Waals surface area contributed by atoms with E-state index in [1.165, 1.54) is 9.13 Å². The molecule has 0 saturated heterocycles. The van der Waals surface area contributed by atoms with Gasteiger partial charge in [0.2, 0.25) is 5.95 Å². The smallest absolute Gasteiger partial charge is 0.311 e. The number of nitrogens with zero attached hydrogens (tertiary/aromatic N) is 5. The summed E-state index contributed by atoms with van der Waals surface area (Å²) in [5.74, 6) is 1.04. The molecular formula is C25H27N5O2. The van der Waals surface area contributed by atoms with Crippen LogP contribution in [0, 0.1) is 19.8 Å². The predicted molar refractivity (Wildman–Crippen MR) is 127 cm³/mol. The van der Waals surface area contributed by atoms with Gasteiger partial charge in [0.15, 0.2) is 11.2 Å². The Morgan fingerprint density at radius 1 is 1.03 bits per heavy atom. The molecule has 0 spiro atoms. The zero-order valence-electron chi connectivity index (χ0n) is 18.9. The number of imidazole rings is 1. The van der Waals surface area contributed by atoms with E-state index in [1.54, 1.807) is 7.05 Å². The minimum atomic E-state index is -0.352. The number of rotatable bonds is 3. The van der Waals surface area contributed by atoms with Crippen molar-refractivity contribution in [3.05, 3.63) is 86.1 Å². The van der Waals surface area contributed by atoms with Crippen molar-refractivity contribution in [1.29, 1.82) is 0 Å². The second-order valence-electron chi connectivity index (χ2n) is 8.92. The molecule has 0 aliphatic carbocycles. The molecule has 2 aromatic heterocycles. The highest BCUT2D eigenvalue weighted by Gasteiger charge is 2.30. The van der Waals surface area contributed by atoms with Crippen molar-refractivity contribution in [2.45, 2.75) is 33.9 Å². The number of hydrogen-bond donors (Lipinski definition) is 0. The standard InChI is InChI=1S/C25H27N5O2/c1-16-8-7-10-19(12-16)15-30-23(31)21-22(27(4)25(30)32)26-24-28(13-17(2)14-29(21)24)20-11-6-5-9-18(20)3/h5-12,17H,13-15H2,1-4H3. The minimum absolute atomic E-state index is 0.237. The summed E-state index contributed by atoms with van der Waals surface area (Å²) in [5.41, 5.74) is 4.52. The molecule has 0 amide bonds. The fraction of sp³-hybridized carbons (Fsp3) is 0.320. The summed E-state index contributed by atoms with van der Waals surface area (Å²) in [7, 11) is 1.69. The minimum Gasteiger partial charge on any atom is -0.311 e. The van der Waals surface area contributed by atoms with Gasteiger partial charge in [0.05, 0.1) is 6.54 Å². The average Bonchev–Trinajstić information content (AvgIpc) is 3.15. The molecule has 1 aliphatic rings. The maximum absolute atomic E-state index is 13.6. The van der Waals surface area contributed by atoms with E-state index in [2.05, 4.69) is 30.9 Å². The molecule has 0 bridgehead atoms. The lowest BCUT2D eigenvalue weighted by Gasteiger charge is -2.33. The summed E-state index contributed by atoms with van der Waals surface area (Å²) in [6, 6.07) is 16.1. The molecule has 1 aliphatic heterocycles. The van der Waals surface area contributed by atoms with Crippen molar-refractivity contribution >= 4 is 22.8 Å². The molecule has 0 fully saturated rings. The van der Waals surface area contributed by atoms with Crippen LogP contribution in [-0.2, 0) is 20.1 Å². The summed E-state index contributed by atoms with van der Waals surface area (Å²) >= 11 is 0. The quantitative estimate of drug-likeness (QED) is 0.501. The van der Waals surface area contributed by atoms with Gasteiger partial charge in [-0.15, -0.1) is 0 Å². The highest BCUT2D eigenvalue weighted by Crippen LogP contribution is 2.34. The van der Waals surface area contributed by atoms with E-state index in [-0.39, 0.29) is 17.8 Å². The van der Waals surface area contributed by atoms with E-state index in [9.17, 15) is 9.59 Å². The first-order chi connectivity index (χ1) is 15.3. The molecule has 32 heavy (non-hydrogen) atoms.